The van der Waals surface area contributed by atoms with Gasteiger partial charge in [0.2, 0.25) is 0 Å². The summed E-state index contributed by atoms with van der Waals surface area (Å²) in [5.41, 5.74) is -0.0786. The third-order valence-electron chi connectivity index (χ3n) is 4.55. The Balaban J connectivity index is 2.77. The van der Waals surface area contributed by atoms with Crippen molar-refractivity contribution in [3.8, 4) is 6.07 Å². The minimum atomic E-state index is -1.37. The van der Waals surface area contributed by atoms with Crippen LogP contribution in [0, 0.1) is 16.7 Å². The quantitative estimate of drug-likeness (QED) is 0.335. The van der Waals surface area contributed by atoms with E-state index in [1.54, 1.807) is 6.08 Å². The number of Topliss-reactive ketones (excluding diaryl/α,β-unsaturated/α-hetero) is 1. The molecule has 2 rings (SSSR count). The molecule has 2 nitrogen and oxygen atoms in total. The van der Waals surface area contributed by atoms with E-state index in [4.69, 9.17) is 0 Å². The van der Waals surface area contributed by atoms with Gasteiger partial charge < -0.3 is 0 Å². The van der Waals surface area contributed by atoms with Crippen molar-refractivity contribution >= 4 is 53.6 Å². The molecule has 0 saturated carbocycles. The predicted molar refractivity (Wildman–Crippen MR) is 125 cm³/mol. The van der Waals surface area contributed by atoms with Gasteiger partial charge in [0.05, 0.1) is 6.07 Å². The van der Waals surface area contributed by atoms with Gasteiger partial charge in [0.15, 0.2) is 11.2 Å². The number of hydrogen-bond acceptors (Lipinski definition) is 2. The van der Waals surface area contributed by atoms with Crippen molar-refractivity contribution in [3.63, 3.8) is 0 Å². The second-order valence-electron chi connectivity index (χ2n) is 8.00. The Morgan fingerprint density at radius 1 is 1.07 bits per heavy atom. The van der Waals surface area contributed by atoms with Gasteiger partial charge in [0.1, 0.15) is 0 Å². The van der Waals surface area contributed by atoms with Crippen LogP contribution in [0.25, 0.3) is 0 Å². The molecular formula is C23H22Br3NO. The van der Waals surface area contributed by atoms with Crippen LogP contribution in [0.4, 0.5) is 0 Å². The highest BCUT2D eigenvalue weighted by Crippen LogP contribution is 2.44. The maximum Gasteiger partial charge on any atom is 0.159 e. The number of hydrogen-bond donors (Lipinski definition) is 0. The van der Waals surface area contributed by atoms with E-state index >= 15 is 0 Å². The zero-order chi connectivity index (χ0) is 21.1. The first-order valence-corrected chi connectivity index (χ1v) is 11.2. The van der Waals surface area contributed by atoms with E-state index < -0.39 is 11.3 Å². The Morgan fingerprint density at radius 2 is 1.61 bits per heavy atom. The van der Waals surface area contributed by atoms with Crippen LogP contribution >= 0.6 is 47.8 Å². The van der Waals surface area contributed by atoms with E-state index in [-0.39, 0.29) is 17.6 Å². The van der Waals surface area contributed by atoms with Crippen LogP contribution in [0.2, 0.25) is 0 Å². The van der Waals surface area contributed by atoms with Crippen LogP contribution in [-0.4, -0.2) is 5.78 Å². The third kappa shape index (κ3) is 5.03. The Kier molecular flexibility index (Phi) is 7.47. The van der Waals surface area contributed by atoms with Gasteiger partial charge in [-0.2, -0.15) is 5.26 Å². The summed E-state index contributed by atoms with van der Waals surface area (Å²) >= 11 is 10.5. The second-order valence-corrected chi connectivity index (χ2v) is 10.8. The van der Waals surface area contributed by atoms with E-state index in [0.717, 1.165) is 19.0 Å². The number of carbonyl (C=O) groups is 1. The van der Waals surface area contributed by atoms with Gasteiger partial charge in [-0.1, -0.05) is 86.8 Å². The highest BCUT2D eigenvalue weighted by Gasteiger charge is 2.47. The SMILES string of the molecule is C=C[C@@H](c1cc(Br)cc(Br)c1)[C@@](C#N)(C(=O)CC(C)(C)C)c1ccc(Br)cc1. The van der Waals surface area contributed by atoms with E-state index in [0.29, 0.717) is 5.56 Å². The van der Waals surface area contributed by atoms with Crippen molar-refractivity contribution in [2.45, 2.75) is 38.5 Å². The molecule has 2 aromatic carbocycles. The normalized spacial score (nSPS) is 14.6. The molecule has 0 aliphatic rings. The molecule has 28 heavy (non-hydrogen) atoms. The van der Waals surface area contributed by atoms with Crippen molar-refractivity contribution in [1.29, 1.82) is 5.26 Å². The van der Waals surface area contributed by atoms with Gasteiger partial charge in [0.25, 0.3) is 0 Å². The molecule has 0 N–H and O–H groups in total. The maximum atomic E-state index is 13.6. The first kappa shape index (κ1) is 23.1. The zero-order valence-corrected chi connectivity index (χ0v) is 20.9. The lowest BCUT2D eigenvalue weighted by Crippen LogP contribution is -2.41. The molecule has 2 atom stereocenters. The highest BCUT2D eigenvalue weighted by molar-refractivity contribution is 9.11. The van der Waals surface area contributed by atoms with Gasteiger partial charge in [-0.3, -0.25) is 4.79 Å². The van der Waals surface area contributed by atoms with Gasteiger partial charge in [-0.05, 0) is 46.9 Å². The molecule has 0 bridgehead atoms. The Hall–Kier alpha value is -1.22. The van der Waals surface area contributed by atoms with E-state index in [1.807, 2.05) is 63.2 Å². The molecule has 5 heteroatoms. The summed E-state index contributed by atoms with van der Waals surface area (Å²) in [6.45, 7) is 10.0. The fourth-order valence-corrected chi connectivity index (χ4v) is 4.96. The molecule has 146 valence electrons. The van der Waals surface area contributed by atoms with E-state index in [1.165, 1.54) is 0 Å². The summed E-state index contributed by atoms with van der Waals surface area (Å²) in [5, 5.41) is 10.4. The smallest absolute Gasteiger partial charge is 0.159 e. The molecule has 0 aromatic heterocycles. The number of carbonyl (C=O) groups excluding carboxylic acids is 1. The molecule has 0 saturated heterocycles. The predicted octanol–water partition coefficient (Wildman–Crippen LogP) is 7.71. The summed E-state index contributed by atoms with van der Waals surface area (Å²) in [7, 11) is 0. The summed E-state index contributed by atoms with van der Waals surface area (Å²) in [4.78, 5) is 13.6. The monoisotopic (exact) mass is 565 g/mol. The van der Waals surface area contributed by atoms with Crippen molar-refractivity contribution in [2.75, 3.05) is 0 Å². The summed E-state index contributed by atoms with van der Waals surface area (Å²) in [6, 6.07) is 15.6. The standard InChI is InChI=1S/C23H22Br3NO/c1-5-20(15-10-18(25)12-19(26)11-15)23(14-27,21(28)13-22(2,3)4)16-6-8-17(24)9-7-16/h5-12,20H,1,13H2,2-4H3/t20-,23-/m0/s1. The molecule has 0 unspecified atom stereocenters. The van der Waals surface area contributed by atoms with Crippen molar-refractivity contribution in [1.82, 2.24) is 0 Å². The number of halogens is 3. The molecule has 0 heterocycles. The fourth-order valence-electron chi connectivity index (χ4n) is 3.36. The van der Waals surface area contributed by atoms with Gasteiger partial charge in [0, 0.05) is 25.8 Å². The van der Waals surface area contributed by atoms with Crippen LogP contribution in [0.1, 0.15) is 44.2 Å². The van der Waals surface area contributed by atoms with Crippen molar-refractivity contribution in [2.24, 2.45) is 5.41 Å². The Bertz CT molecular complexity index is 902. The summed E-state index contributed by atoms with van der Waals surface area (Å²) in [5.74, 6) is -0.604. The Labute approximate surface area is 192 Å². The van der Waals surface area contributed by atoms with Crippen molar-refractivity contribution < 1.29 is 4.79 Å². The number of nitriles is 1. The lowest BCUT2D eigenvalue weighted by molar-refractivity contribution is -0.124. The maximum absolute atomic E-state index is 13.6. The topological polar surface area (TPSA) is 40.9 Å². The lowest BCUT2D eigenvalue weighted by atomic mass is 9.63. The summed E-state index contributed by atoms with van der Waals surface area (Å²) < 4.78 is 2.64. The van der Waals surface area contributed by atoms with Crippen LogP contribution < -0.4 is 0 Å². The average Bonchev–Trinajstić information content (AvgIpc) is 2.58. The van der Waals surface area contributed by atoms with Crippen molar-refractivity contribution in [3.05, 3.63) is 79.7 Å². The minimum absolute atomic E-state index is 0.106. The second kappa shape index (κ2) is 9.07. The van der Waals surface area contributed by atoms with Crippen LogP contribution in [0.5, 0.6) is 0 Å². The molecule has 0 aliphatic heterocycles. The minimum Gasteiger partial charge on any atom is -0.297 e. The van der Waals surface area contributed by atoms with E-state index in [9.17, 15) is 10.1 Å². The Morgan fingerprint density at radius 3 is 2.04 bits per heavy atom. The number of allylic oxidation sites excluding steroid dienone is 1. The molecule has 0 fully saturated rings. The van der Waals surface area contributed by atoms with Gasteiger partial charge in [-0.25, -0.2) is 0 Å². The molecule has 0 spiro atoms. The molecule has 2 aromatic rings. The molecular weight excluding hydrogens is 546 g/mol. The molecule has 0 radical (unpaired) electrons. The number of benzene rings is 2. The average molecular weight is 568 g/mol. The fraction of sp³-hybridized carbons (Fsp3) is 0.304. The largest absolute Gasteiger partial charge is 0.297 e. The lowest BCUT2D eigenvalue weighted by Gasteiger charge is -2.35. The van der Waals surface area contributed by atoms with Gasteiger partial charge in [-0.15, -0.1) is 6.58 Å². The van der Waals surface area contributed by atoms with E-state index in [2.05, 4.69) is 60.4 Å². The van der Waals surface area contributed by atoms with Crippen LogP contribution in [0.3, 0.4) is 0 Å². The zero-order valence-electron chi connectivity index (χ0n) is 16.1. The number of rotatable bonds is 6. The van der Waals surface area contributed by atoms with Crippen LogP contribution in [-0.2, 0) is 10.2 Å². The first-order valence-electron chi connectivity index (χ1n) is 8.82. The number of nitrogens with zero attached hydrogens (tertiary/aromatic N) is 1. The third-order valence-corrected chi connectivity index (χ3v) is 6.00. The first-order chi connectivity index (χ1) is 13.0. The van der Waals surface area contributed by atoms with Gasteiger partial charge >= 0.3 is 0 Å². The molecule has 0 amide bonds. The van der Waals surface area contributed by atoms with Crippen LogP contribution in [0.15, 0.2) is 68.5 Å². The number of ketones is 1. The molecule has 0 aliphatic carbocycles. The summed E-state index contributed by atoms with van der Waals surface area (Å²) in [6.07, 6.45) is 2.00. The highest BCUT2D eigenvalue weighted by atomic mass is 79.9.